The Kier molecular flexibility index (Phi) is 11.1. The summed E-state index contributed by atoms with van der Waals surface area (Å²) in [5.74, 6) is 0. The lowest BCUT2D eigenvalue weighted by Gasteiger charge is -2.28. The molecular formula is C76H56N8. The Hall–Kier alpha value is -10.7. The van der Waals surface area contributed by atoms with Gasteiger partial charge in [-0.25, -0.2) is 19.9 Å². The van der Waals surface area contributed by atoms with Gasteiger partial charge in [-0.3, -0.25) is 0 Å². The van der Waals surface area contributed by atoms with Crippen molar-refractivity contribution in [3.8, 4) is 67.3 Å². The molecule has 0 fully saturated rings. The molecule has 2 aliphatic rings. The monoisotopic (exact) mass is 1080 g/mol. The van der Waals surface area contributed by atoms with Crippen LogP contribution >= 0.6 is 0 Å². The first-order valence-corrected chi connectivity index (χ1v) is 28.8. The van der Waals surface area contributed by atoms with E-state index in [1.165, 1.54) is 44.5 Å². The summed E-state index contributed by atoms with van der Waals surface area (Å²) >= 11 is 0. The Morgan fingerprint density at radius 1 is 0.298 bits per heavy atom. The van der Waals surface area contributed by atoms with E-state index in [2.05, 4.69) is 265 Å². The summed E-state index contributed by atoms with van der Waals surface area (Å²) in [5.41, 5.74) is 27.4. The molecule has 14 aromatic rings. The quantitative estimate of drug-likeness (QED) is 0.136. The number of aromatic nitrogens is 6. The lowest BCUT2D eigenvalue weighted by molar-refractivity contribution is 0.660. The van der Waals surface area contributed by atoms with Crippen molar-refractivity contribution in [1.82, 2.24) is 28.7 Å². The summed E-state index contributed by atoms with van der Waals surface area (Å²) in [6, 6.07) is 87.1. The van der Waals surface area contributed by atoms with Gasteiger partial charge in [-0.2, -0.15) is 0 Å². The average molecular weight is 1080 g/mol. The molecule has 0 N–H and O–H groups in total. The maximum atomic E-state index is 5.49. The van der Waals surface area contributed by atoms with Crippen LogP contribution in [0.15, 0.2) is 267 Å². The van der Waals surface area contributed by atoms with Crippen LogP contribution < -0.4 is 9.80 Å². The molecule has 0 bridgehead atoms. The zero-order chi connectivity index (χ0) is 56.3. The van der Waals surface area contributed by atoms with E-state index >= 15 is 0 Å². The van der Waals surface area contributed by atoms with Crippen molar-refractivity contribution in [3.63, 3.8) is 0 Å². The minimum Gasteiger partial charge on any atom is -0.310 e. The number of para-hydroxylation sites is 4. The molecule has 400 valence electrons. The number of hydrogen-bond acceptors (Lipinski definition) is 6. The van der Waals surface area contributed by atoms with Gasteiger partial charge in [0, 0.05) is 92.0 Å². The molecule has 0 aliphatic heterocycles. The summed E-state index contributed by atoms with van der Waals surface area (Å²) in [6.07, 6.45) is 8.26. The van der Waals surface area contributed by atoms with Crippen LogP contribution in [0.3, 0.4) is 0 Å². The van der Waals surface area contributed by atoms with Crippen LogP contribution in [0.25, 0.3) is 89.6 Å². The lowest BCUT2D eigenvalue weighted by atomic mass is 9.81. The van der Waals surface area contributed by atoms with E-state index in [4.69, 9.17) is 19.9 Å². The molecule has 5 heterocycles. The van der Waals surface area contributed by atoms with Crippen molar-refractivity contribution >= 4 is 56.5 Å². The Labute approximate surface area is 487 Å². The predicted molar refractivity (Wildman–Crippen MR) is 343 cm³/mol. The lowest BCUT2D eigenvalue weighted by Crippen LogP contribution is -2.17. The molecule has 16 rings (SSSR count). The van der Waals surface area contributed by atoms with Crippen LogP contribution in [-0.2, 0) is 10.8 Å². The zero-order valence-electron chi connectivity index (χ0n) is 47.0. The van der Waals surface area contributed by atoms with Gasteiger partial charge >= 0.3 is 0 Å². The first kappa shape index (κ1) is 49.1. The molecule has 84 heavy (non-hydrogen) atoms. The Balaban J connectivity index is 0.738. The molecule has 8 heteroatoms. The first-order chi connectivity index (χ1) is 41.1. The maximum Gasteiger partial charge on any atom is 0.137 e. The second kappa shape index (κ2) is 18.9. The number of hydrogen-bond donors (Lipinski definition) is 0. The fourth-order valence-corrected chi connectivity index (χ4v) is 13.2. The fraction of sp³-hybridized carbons (Fsp3) is 0.0789. The number of benzene rings is 9. The second-order valence-electron chi connectivity index (χ2n) is 23.3. The van der Waals surface area contributed by atoms with Crippen molar-refractivity contribution < 1.29 is 0 Å². The molecule has 0 unspecified atom stereocenters. The molecular weight excluding hydrogens is 1020 g/mol. The first-order valence-electron chi connectivity index (χ1n) is 28.8. The van der Waals surface area contributed by atoms with Gasteiger partial charge in [0.2, 0.25) is 0 Å². The van der Waals surface area contributed by atoms with Gasteiger partial charge in [-0.05, 0) is 166 Å². The highest BCUT2D eigenvalue weighted by molar-refractivity contribution is 5.93. The highest BCUT2D eigenvalue weighted by atomic mass is 15.1. The van der Waals surface area contributed by atoms with Crippen LogP contribution in [0.4, 0.5) is 34.1 Å². The van der Waals surface area contributed by atoms with Gasteiger partial charge in [0.15, 0.2) is 0 Å². The summed E-state index contributed by atoms with van der Waals surface area (Å²) in [6.45, 7) is 9.44. The minimum atomic E-state index is -0.325. The van der Waals surface area contributed by atoms with E-state index in [9.17, 15) is 0 Å². The topological polar surface area (TPSA) is 66.9 Å². The Bertz CT molecular complexity index is 4530. The minimum absolute atomic E-state index is 0.325. The van der Waals surface area contributed by atoms with Crippen LogP contribution in [0.1, 0.15) is 49.9 Å². The van der Waals surface area contributed by atoms with Crippen molar-refractivity contribution in [2.45, 2.75) is 38.5 Å². The summed E-state index contributed by atoms with van der Waals surface area (Å²) in [4.78, 5) is 25.5. The largest absolute Gasteiger partial charge is 0.310 e. The molecule has 0 spiro atoms. The van der Waals surface area contributed by atoms with Gasteiger partial charge in [0.1, 0.15) is 11.3 Å². The van der Waals surface area contributed by atoms with Gasteiger partial charge < -0.3 is 18.6 Å². The van der Waals surface area contributed by atoms with E-state index in [1.807, 2.05) is 48.8 Å². The number of nitrogens with zero attached hydrogens (tertiary/aromatic N) is 8. The third-order valence-corrected chi connectivity index (χ3v) is 17.6. The third kappa shape index (κ3) is 7.97. The average Bonchev–Trinajstić information content (AvgIpc) is 1.94. The van der Waals surface area contributed by atoms with Crippen molar-refractivity contribution in [1.29, 1.82) is 0 Å². The summed E-state index contributed by atoms with van der Waals surface area (Å²) in [5, 5.41) is 0. The molecule has 0 amide bonds. The highest BCUT2D eigenvalue weighted by Gasteiger charge is 2.39. The molecule has 0 saturated carbocycles. The number of pyridine rings is 2. The smallest absolute Gasteiger partial charge is 0.137 e. The van der Waals surface area contributed by atoms with Gasteiger partial charge in [0.25, 0.3) is 0 Å². The second-order valence-corrected chi connectivity index (χ2v) is 23.3. The Morgan fingerprint density at radius 3 is 1.04 bits per heavy atom. The summed E-state index contributed by atoms with van der Waals surface area (Å²) in [7, 11) is 0. The van der Waals surface area contributed by atoms with Crippen LogP contribution in [0.5, 0.6) is 0 Å². The number of rotatable bonds is 10. The van der Waals surface area contributed by atoms with Crippen LogP contribution in [0, 0.1) is 0 Å². The van der Waals surface area contributed by atoms with Crippen molar-refractivity contribution in [2.75, 3.05) is 9.80 Å². The van der Waals surface area contributed by atoms with Crippen molar-refractivity contribution in [3.05, 3.63) is 290 Å². The molecule has 9 aromatic carbocycles. The number of fused-ring (bicyclic) bond motifs is 9. The van der Waals surface area contributed by atoms with Gasteiger partial charge in [-0.1, -0.05) is 149 Å². The molecule has 2 aliphatic carbocycles. The van der Waals surface area contributed by atoms with Gasteiger partial charge in [0.05, 0.1) is 33.8 Å². The normalized spacial score (nSPS) is 13.4. The SMILES string of the molecule is CC1(C)c2cc(-c3nc4ccccc4nc3-c3ccc4c(c3)C(C)(C)c3cc(N(c5ccccc5)c5ccc(-c6cn7ccccc7n6)cc5)ccc3-4)ccc2-c2ccc(N(c3ccccc3)c3ccc(-c4cn5ccccc5n4)cc3)cc21. The molecule has 8 nitrogen and oxygen atoms in total. The van der Waals surface area contributed by atoms with Gasteiger partial charge in [-0.15, -0.1) is 0 Å². The third-order valence-electron chi connectivity index (χ3n) is 17.6. The van der Waals surface area contributed by atoms with E-state index in [1.54, 1.807) is 0 Å². The fourth-order valence-electron chi connectivity index (χ4n) is 13.2. The standard InChI is InChI=1S/C76H56N8/c1-75(2)63-43-51(29-37-59(63)61-39-35-57(45-65(61)75)83(53-17-7-5-8-18-53)55-31-25-49(26-32-55)69-47-81-41-15-13-23-71(81)77-69)73-74(80-68-22-12-11-21-67(68)79-73)52-30-38-60-62-40-36-58(46-66(62)76(3,4)64(60)44-52)84(54-19-9-6-10-20-54)56-33-27-50(28-34-56)70-48-82-42-16-14-24-72(82)78-70/h5-48H,1-4H3. The summed E-state index contributed by atoms with van der Waals surface area (Å²) < 4.78 is 4.13. The number of anilines is 6. The molecule has 0 radical (unpaired) electrons. The molecule has 5 aromatic heterocycles. The van der Waals surface area contributed by atoms with Crippen molar-refractivity contribution in [2.24, 2.45) is 0 Å². The van der Waals surface area contributed by atoms with E-state index in [-0.39, 0.29) is 10.8 Å². The predicted octanol–water partition coefficient (Wildman–Crippen LogP) is 19.1. The van der Waals surface area contributed by atoms with Crippen LogP contribution in [0.2, 0.25) is 0 Å². The Morgan fingerprint density at radius 2 is 0.631 bits per heavy atom. The zero-order valence-corrected chi connectivity index (χ0v) is 47.0. The van der Waals surface area contributed by atoms with E-state index in [0.717, 1.165) is 101 Å². The number of imidazole rings is 2. The maximum absolute atomic E-state index is 5.49. The highest BCUT2D eigenvalue weighted by Crippen LogP contribution is 2.54. The molecule has 0 atom stereocenters. The molecule has 0 saturated heterocycles. The van der Waals surface area contributed by atoms with Crippen LogP contribution in [-0.4, -0.2) is 28.7 Å². The van der Waals surface area contributed by atoms with E-state index in [0.29, 0.717) is 0 Å². The van der Waals surface area contributed by atoms with E-state index < -0.39 is 0 Å².